The summed E-state index contributed by atoms with van der Waals surface area (Å²) in [7, 11) is 1.50. The normalized spacial score (nSPS) is 10.8. The minimum Gasteiger partial charge on any atom is -0.493 e. The third kappa shape index (κ3) is 10.3. The summed E-state index contributed by atoms with van der Waals surface area (Å²) >= 11 is 0. The first kappa shape index (κ1) is 26.1. The van der Waals surface area contributed by atoms with Gasteiger partial charge in [0.25, 0.3) is 0 Å². The van der Waals surface area contributed by atoms with Gasteiger partial charge < -0.3 is 9.47 Å². The van der Waals surface area contributed by atoms with Crippen LogP contribution in [0, 0.1) is 0 Å². The van der Waals surface area contributed by atoms with Crippen molar-refractivity contribution >= 4 is 18.1 Å². The van der Waals surface area contributed by atoms with Crippen LogP contribution < -0.4 is 14.9 Å². The summed E-state index contributed by atoms with van der Waals surface area (Å²) in [6.07, 6.45) is 13.0. The lowest BCUT2D eigenvalue weighted by molar-refractivity contribution is -0.121. The molecule has 1 amide bonds. The van der Waals surface area contributed by atoms with Gasteiger partial charge in [-0.3, -0.25) is 4.79 Å². The van der Waals surface area contributed by atoms with Gasteiger partial charge in [0.2, 0.25) is 5.91 Å². The number of hydrogen-bond acceptors (Lipinski definition) is 5. The molecule has 0 bridgehead atoms. The molecule has 0 saturated heterocycles. The molecular weight excluding hydrogens is 416 g/mol. The molecule has 0 heterocycles. The maximum Gasteiger partial charge on any atom is 0.343 e. The molecule has 0 aliphatic heterocycles. The highest BCUT2D eigenvalue weighted by Gasteiger charge is 2.12. The predicted molar refractivity (Wildman–Crippen MR) is 132 cm³/mol. The van der Waals surface area contributed by atoms with Crippen LogP contribution in [0.1, 0.15) is 87.1 Å². The van der Waals surface area contributed by atoms with E-state index in [1.54, 1.807) is 48.7 Å². The lowest BCUT2D eigenvalue weighted by atomic mass is 10.1. The molecule has 2 aromatic rings. The minimum atomic E-state index is -0.459. The van der Waals surface area contributed by atoms with Crippen LogP contribution in [0.3, 0.4) is 0 Å². The Morgan fingerprint density at radius 1 is 0.879 bits per heavy atom. The van der Waals surface area contributed by atoms with Gasteiger partial charge in [-0.2, -0.15) is 5.10 Å². The largest absolute Gasteiger partial charge is 0.493 e. The molecular formula is C27H36N2O4. The number of hydrogen-bond donors (Lipinski definition) is 1. The average Bonchev–Trinajstić information content (AvgIpc) is 2.84. The summed E-state index contributed by atoms with van der Waals surface area (Å²) in [5.41, 5.74) is 3.74. The van der Waals surface area contributed by atoms with Gasteiger partial charge in [-0.25, -0.2) is 10.2 Å². The van der Waals surface area contributed by atoms with Crippen molar-refractivity contribution < 1.29 is 19.1 Å². The average molecular weight is 453 g/mol. The van der Waals surface area contributed by atoms with Gasteiger partial charge >= 0.3 is 5.97 Å². The highest BCUT2D eigenvalue weighted by atomic mass is 16.6. The van der Waals surface area contributed by atoms with Gasteiger partial charge in [-0.15, -0.1) is 0 Å². The SMILES string of the molecule is CCCCCCCCCCCC(=O)NN=Cc1ccc(OC(=O)c2ccccc2)c(OC)c1. The van der Waals surface area contributed by atoms with Crippen molar-refractivity contribution in [3.05, 3.63) is 59.7 Å². The lowest BCUT2D eigenvalue weighted by Gasteiger charge is -2.10. The number of carbonyl (C=O) groups excluding carboxylic acids is 2. The fraction of sp³-hybridized carbons (Fsp3) is 0.444. The van der Waals surface area contributed by atoms with Crippen molar-refractivity contribution in [2.45, 2.75) is 71.1 Å². The van der Waals surface area contributed by atoms with Crippen molar-refractivity contribution in [3.63, 3.8) is 0 Å². The van der Waals surface area contributed by atoms with Crippen LogP contribution in [-0.4, -0.2) is 25.2 Å². The number of hydrazone groups is 1. The predicted octanol–water partition coefficient (Wildman–Crippen LogP) is 6.29. The van der Waals surface area contributed by atoms with Crippen LogP contribution in [0.2, 0.25) is 0 Å². The van der Waals surface area contributed by atoms with Crippen molar-refractivity contribution in [2.24, 2.45) is 5.10 Å². The zero-order valence-corrected chi connectivity index (χ0v) is 19.8. The first-order chi connectivity index (χ1) is 16.1. The molecule has 178 valence electrons. The summed E-state index contributed by atoms with van der Waals surface area (Å²) < 4.78 is 10.8. The number of ether oxygens (including phenoxy) is 2. The Bertz CT molecular complexity index is 881. The number of rotatable bonds is 15. The molecule has 0 saturated carbocycles. The number of methoxy groups -OCH3 is 1. The molecule has 0 aromatic heterocycles. The number of carbonyl (C=O) groups is 2. The van der Waals surface area contributed by atoms with Crippen molar-refractivity contribution in [3.8, 4) is 11.5 Å². The molecule has 2 aromatic carbocycles. The van der Waals surface area contributed by atoms with Crippen molar-refractivity contribution in [2.75, 3.05) is 7.11 Å². The van der Waals surface area contributed by atoms with Gasteiger partial charge in [0.1, 0.15) is 0 Å². The van der Waals surface area contributed by atoms with Crippen molar-refractivity contribution in [1.29, 1.82) is 0 Å². The summed E-state index contributed by atoms with van der Waals surface area (Å²) in [5, 5.41) is 4.02. The Labute approximate surface area is 197 Å². The van der Waals surface area contributed by atoms with Gasteiger partial charge in [0.05, 0.1) is 18.9 Å². The number of benzene rings is 2. The number of nitrogens with zero attached hydrogens (tertiary/aromatic N) is 1. The van der Waals surface area contributed by atoms with E-state index in [-0.39, 0.29) is 5.91 Å². The van der Waals surface area contributed by atoms with E-state index in [1.807, 2.05) is 6.07 Å². The lowest BCUT2D eigenvalue weighted by Crippen LogP contribution is -2.16. The van der Waals surface area contributed by atoms with Crippen LogP contribution in [0.4, 0.5) is 0 Å². The van der Waals surface area contributed by atoms with Crippen LogP contribution in [0.15, 0.2) is 53.6 Å². The van der Waals surface area contributed by atoms with Gasteiger partial charge in [0.15, 0.2) is 11.5 Å². The smallest absolute Gasteiger partial charge is 0.343 e. The summed E-state index contributed by atoms with van der Waals surface area (Å²) in [6, 6.07) is 13.8. The molecule has 6 heteroatoms. The molecule has 0 aliphatic carbocycles. The number of nitrogens with one attached hydrogen (secondary N) is 1. The molecule has 0 aliphatic rings. The molecule has 6 nitrogen and oxygen atoms in total. The second kappa shape index (κ2) is 15.6. The second-order valence-electron chi connectivity index (χ2n) is 8.04. The van der Waals surface area contributed by atoms with Gasteiger partial charge in [-0.05, 0) is 42.3 Å². The van der Waals surface area contributed by atoms with E-state index in [4.69, 9.17) is 9.47 Å². The van der Waals surface area contributed by atoms with Crippen molar-refractivity contribution in [1.82, 2.24) is 5.43 Å². The Morgan fingerprint density at radius 3 is 2.21 bits per heavy atom. The maximum atomic E-state index is 12.3. The molecule has 0 spiro atoms. The molecule has 2 rings (SSSR count). The van der Waals surface area contributed by atoms with E-state index in [0.717, 1.165) is 18.4 Å². The second-order valence-corrected chi connectivity index (χ2v) is 8.04. The molecule has 0 atom stereocenters. The Hall–Kier alpha value is -3.15. The standard InChI is InChI=1S/C27H36N2O4/c1-3-4-5-6-7-8-9-10-14-17-26(30)29-28-21-22-18-19-24(25(20-22)32-2)33-27(31)23-15-12-11-13-16-23/h11-13,15-16,18-21H,3-10,14,17H2,1-2H3,(H,29,30). The fourth-order valence-corrected chi connectivity index (χ4v) is 3.41. The fourth-order valence-electron chi connectivity index (χ4n) is 3.41. The molecule has 1 N–H and O–H groups in total. The van der Waals surface area contributed by atoms with E-state index in [9.17, 15) is 9.59 Å². The highest BCUT2D eigenvalue weighted by molar-refractivity contribution is 5.91. The quantitative estimate of drug-likeness (QED) is 0.113. The monoisotopic (exact) mass is 452 g/mol. The van der Waals surface area contributed by atoms with Crippen LogP contribution in [0.25, 0.3) is 0 Å². The zero-order valence-electron chi connectivity index (χ0n) is 19.8. The van der Waals surface area contributed by atoms with Gasteiger partial charge in [-0.1, -0.05) is 76.5 Å². The first-order valence-corrected chi connectivity index (χ1v) is 11.9. The van der Waals surface area contributed by atoms with Crippen LogP contribution in [-0.2, 0) is 4.79 Å². The Balaban J connectivity index is 1.71. The van der Waals surface area contributed by atoms with E-state index in [1.165, 1.54) is 52.1 Å². The summed E-state index contributed by atoms with van der Waals surface area (Å²) in [6.45, 7) is 2.23. The molecule has 0 radical (unpaired) electrons. The zero-order chi connectivity index (χ0) is 23.7. The minimum absolute atomic E-state index is 0.0884. The third-order valence-corrected chi connectivity index (χ3v) is 5.31. The van der Waals surface area contributed by atoms with Gasteiger partial charge in [0, 0.05) is 6.42 Å². The van der Waals surface area contributed by atoms with E-state index < -0.39 is 5.97 Å². The third-order valence-electron chi connectivity index (χ3n) is 5.31. The summed E-state index contributed by atoms with van der Waals surface area (Å²) in [5.74, 6) is 0.177. The topological polar surface area (TPSA) is 77.0 Å². The van der Waals surface area contributed by atoms with Crippen LogP contribution >= 0.6 is 0 Å². The van der Waals surface area contributed by atoms with Crippen LogP contribution in [0.5, 0.6) is 11.5 Å². The van der Waals surface area contributed by atoms with E-state index in [0.29, 0.717) is 23.5 Å². The number of esters is 1. The molecule has 0 fully saturated rings. The summed E-state index contributed by atoms with van der Waals surface area (Å²) in [4.78, 5) is 24.2. The van der Waals surface area contributed by atoms with E-state index >= 15 is 0 Å². The first-order valence-electron chi connectivity index (χ1n) is 11.9. The Kier molecular flexibility index (Phi) is 12.4. The number of unbranched alkanes of at least 4 members (excludes halogenated alkanes) is 8. The maximum absolute atomic E-state index is 12.3. The number of amides is 1. The molecule has 0 unspecified atom stereocenters. The Morgan fingerprint density at radius 2 is 1.55 bits per heavy atom. The highest BCUT2D eigenvalue weighted by Crippen LogP contribution is 2.28. The molecule has 33 heavy (non-hydrogen) atoms. The van der Waals surface area contributed by atoms with E-state index in [2.05, 4.69) is 17.5 Å².